The normalized spacial score (nSPS) is 16.3. The van der Waals surface area contributed by atoms with Crippen molar-refractivity contribution in [2.75, 3.05) is 32.6 Å². The van der Waals surface area contributed by atoms with Gasteiger partial charge in [-0.1, -0.05) is 18.2 Å². The van der Waals surface area contributed by atoms with Gasteiger partial charge in [-0.3, -0.25) is 9.59 Å². The number of nitrogens with zero attached hydrogens (tertiary/aromatic N) is 1. The largest absolute Gasteiger partial charge is 0.497 e. The standard InChI is InChI=1S/C23H25N3O4/c1-29-16-9-10-20(21(12-16)30-2)25-22(27)15-6-5-11-26(14-15)23(28)18-13-24-19-8-4-3-7-17(18)19/h3-4,7-10,12-13,15,24H,5-6,11,14H2,1-2H3,(H,25,27)/t15-/m0/s1. The van der Waals surface area contributed by atoms with Crippen LogP contribution in [0, 0.1) is 5.92 Å². The highest BCUT2D eigenvalue weighted by Gasteiger charge is 2.30. The molecule has 4 rings (SSSR count). The lowest BCUT2D eigenvalue weighted by molar-refractivity contribution is -0.121. The minimum atomic E-state index is -0.278. The Morgan fingerprint density at radius 3 is 2.77 bits per heavy atom. The summed E-state index contributed by atoms with van der Waals surface area (Å²) in [6.07, 6.45) is 3.27. The molecule has 0 spiro atoms. The summed E-state index contributed by atoms with van der Waals surface area (Å²) in [6.45, 7) is 1.04. The summed E-state index contributed by atoms with van der Waals surface area (Å²) < 4.78 is 10.6. The SMILES string of the molecule is COc1ccc(NC(=O)[C@H]2CCCN(C(=O)c3c[nH]c4ccccc34)C2)c(OC)c1. The van der Waals surface area contributed by atoms with E-state index in [-0.39, 0.29) is 17.7 Å². The van der Waals surface area contributed by atoms with Crippen molar-refractivity contribution in [1.29, 1.82) is 0 Å². The van der Waals surface area contributed by atoms with Gasteiger partial charge >= 0.3 is 0 Å². The fourth-order valence-electron chi connectivity index (χ4n) is 3.93. The van der Waals surface area contributed by atoms with Gasteiger partial charge in [-0.15, -0.1) is 0 Å². The fourth-order valence-corrected chi connectivity index (χ4v) is 3.93. The Hall–Kier alpha value is -3.48. The van der Waals surface area contributed by atoms with Crippen molar-refractivity contribution < 1.29 is 19.1 Å². The van der Waals surface area contributed by atoms with Crippen molar-refractivity contribution in [2.45, 2.75) is 12.8 Å². The molecule has 156 valence electrons. The number of fused-ring (bicyclic) bond motifs is 1. The van der Waals surface area contributed by atoms with Crippen LogP contribution in [-0.4, -0.2) is 49.0 Å². The monoisotopic (exact) mass is 407 g/mol. The number of benzene rings is 2. The smallest absolute Gasteiger partial charge is 0.256 e. The molecule has 1 aliphatic heterocycles. The van der Waals surface area contributed by atoms with Gasteiger partial charge in [-0.05, 0) is 31.0 Å². The first-order chi connectivity index (χ1) is 14.6. The Bertz CT molecular complexity index is 1080. The topological polar surface area (TPSA) is 83.7 Å². The number of aromatic nitrogens is 1. The number of piperidine rings is 1. The van der Waals surface area contributed by atoms with Crippen molar-refractivity contribution >= 4 is 28.4 Å². The van der Waals surface area contributed by atoms with Crippen LogP contribution in [0.2, 0.25) is 0 Å². The van der Waals surface area contributed by atoms with Crippen LogP contribution in [0.1, 0.15) is 23.2 Å². The summed E-state index contributed by atoms with van der Waals surface area (Å²) in [7, 11) is 3.13. The van der Waals surface area contributed by atoms with Crippen LogP contribution < -0.4 is 14.8 Å². The maximum Gasteiger partial charge on any atom is 0.256 e. The van der Waals surface area contributed by atoms with Crippen molar-refractivity contribution in [3.05, 3.63) is 54.2 Å². The summed E-state index contributed by atoms with van der Waals surface area (Å²) >= 11 is 0. The lowest BCUT2D eigenvalue weighted by atomic mass is 9.96. The van der Waals surface area contributed by atoms with Gasteiger partial charge in [0, 0.05) is 36.3 Å². The first-order valence-corrected chi connectivity index (χ1v) is 9.99. The molecule has 0 aliphatic carbocycles. The van der Waals surface area contributed by atoms with Gasteiger partial charge in [0.2, 0.25) is 5.91 Å². The number of nitrogens with one attached hydrogen (secondary N) is 2. The molecule has 0 radical (unpaired) electrons. The molecule has 0 unspecified atom stereocenters. The highest BCUT2D eigenvalue weighted by Crippen LogP contribution is 2.30. The van der Waals surface area contributed by atoms with Gasteiger partial charge in [-0.25, -0.2) is 0 Å². The molecule has 3 aromatic rings. The van der Waals surface area contributed by atoms with E-state index in [1.54, 1.807) is 43.5 Å². The molecule has 2 aromatic carbocycles. The number of rotatable bonds is 5. The van der Waals surface area contributed by atoms with Crippen LogP contribution >= 0.6 is 0 Å². The van der Waals surface area contributed by atoms with Crippen molar-refractivity contribution in [2.24, 2.45) is 5.92 Å². The molecule has 1 aromatic heterocycles. The van der Waals surface area contributed by atoms with Gasteiger partial charge in [0.1, 0.15) is 11.5 Å². The number of amides is 2. The van der Waals surface area contributed by atoms with Crippen molar-refractivity contribution in [1.82, 2.24) is 9.88 Å². The Balaban J connectivity index is 1.47. The van der Waals surface area contributed by atoms with Crippen LogP contribution in [0.4, 0.5) is 5.69 Å². The fraction of sp³-hybridized carbons (Fsp3) is 0.304. The van der Waals surface area contributed by atoms with Gasteiger partial charge in [0.05, 0.1) is 31.4 Å². The van der Waals surface area contributed by atoms with E-state index >= 15 is 0 Å². The van der Waals surface area contributed by atoms with Crippen LogP contribution in [0.5, 0.6) is 11.5 Å². The Morgan fingerprint density at radius 1 is 1.13 bits per heavy atom. The highest BCUT2D eigenvalue weighted by atomic mass is 16.5. The Morgan fingerprint density at radius 2 is 1.97 bits per heavy atom. The molecule has 1 atom stereocenters. The number of likely N-dealkylation sites (tertiary alicyclic amines) is 1. The second-order valence-electron chi connectivity index (χ2n) is 7.39. The first kappa shape index (κ1) is 19.8. The molecule has 1 aliphatic rings. The third-order valence-corrected chi connectivity index (χ3v) is 5.57. The number of anilines is 1. The minimum Gasteiger partial charge on any atom is -0.497 e. The molecule has 30 heavy (non-hydrogen) atoms. The van der Waals surface area contributed by atoms with E-state index < -0.39 is 0 Å². The second kappa shape index (κ2) is 8.49. The average Bonchev–Trinajstić information content (AvgIpc) is 3.23. The summed E-state index contributed by atoms with van der Waals surface area (Å²) in [6, 6.07) is 13.0. The maximum atomic E-state index is 13.1. The number of carbonyl (C=O) groups excluding carboxylic acids is 2. The van der Waals surface area contributed by atoms with E-state index in [1.807, 2.05) is 24.3 Å². The van der Waals surface area contributed by atoms with E-state index in [0.29, 0.717) is 35.8 Å². The molecular weight excluding hydrogens is 382 g/mol. The molecule has 2 heterocycles. The van der Waals surface area contributed by atoms with E-state index in [0.717, 1.165) is 23.7 Å². The number of carbonyl (C=O) groups is 2. The predicted octanol–water partition coefficient (Wildman–Crippen LogP) is 3.68. The summed E-state index contributed by atoms with van der Waals surface area (Å²) in [5.74, 6) is 0.741. The van der Waals surface area contributed by atoms with Crippen molar-refractivity contribution in [3.8, 4) is 11.5 Å². The third-order valence-electron chi connectivity index (χ3n) is 5.57. The molecule has 7 heteroatoms. The maximum absolute atomic E-state index is 13.1. The minimum absolute atomic E-state index is 0.0491. The molecule has 0 saturated carbocycles. The number of hydrogen-bond donors (Lipinski definition) is 2. The van der Waals surface area contributed by atoms with Crippen LogP contribution in [0.15, 0.2) is 48.7 Å². The predicted molar refractivity (Wildman–Crippen MR) is 115 cm³/mol. The molecule has 1 fully saturated rings. The number of H-pyrrole nitrogens is 1. The van der Waals surface area contributed by atoms with Crippen LogP contribution in [0.3, 0.4) is 0 Å². The number of methoxy groups -OCH3 is 2. The van der Waals surface area contributed by atoms with Crippen LogP contribution in [-0.2, 0) is 4.79 Å². The van der Waals surface area contributed by atoms with E-state index in [4.69, 9.17) is 9.47 Å². The van der Waals surface area contributed by atoms with Crippen LogP contribution in [0.25, 0.3) is 10.9 Å². The van der Waals surface area contributed by atoms with Gasteiger partial charge in [0.25, 0.3) is 5.91 Å². The quantitative estimate of drug-likeness (QED) is 0.676. The molecule has 2 N–H and O–H groups in total. The average molecular weight is 407 g/mol. The number of hydrogen-bond acceptors (Lipinski definition) is 4. The molecule has 2 amide bonds. The zero-order valence-corrected chi connectivity index (χ0v) is 17.1. The number of ether oxygens (including phenoxy) is 2. The molecule has 1 saturated heterocycles. The van der Waals surface area contributed by atoms with Gasteiger partial charge in [0.15, 0.2) is 0 Å². The first-order valence-electron chi connectivity index (χ1n) is 9.99. The Kier molecular flexibility index (Phi) is 5.61. The zero-order valence-electron chi connectivity index (χ0n) is 17.1. The van der Waals surface area contributed by atoms with Gasteiger partial charge < -0.3 is 24.7 Å². The van der Waals surface area contributed by atoms with E-state index in [2.05, 4.69) is 10.3 Å². The Labute approximate surface area is 175 Å². The van der Waals surface area contributed by atoms with Gasteiger partial charge in [-0.2, -0.15) is 0 Å². The molecule has 7 nitrogen and oxygen atoms in total. The molecule has 0 bridgehead atoms. The van der Waals surface area contributed by atoms with E-state index in [1.165, 1.54) is 0 Å². The third kappa shape index (κ3) is 3.83. The van der Waals surface area contributed by atoms with E-state index in [9.17, 15) is 9.59 Å². The number of para-hydroxylation sites is 1. The summed E-state index contributed by atoms with van der Waals surface area (Å²) in [5.41, 5.74) is 2.16. The summed E-state index contributed by atoms with van der Waals surface area (Å²) in [5, 5.41) is 3.84. The number of aromatic amines is 1. The zero-order chi connectivity index (χ0) is 21.1. The lowest BCUT2D eigenvalue weighted by Gasteiger charge is -2.32. The summed E-state index contributed by atoms with van der Waals surface area (Å²) in [4.78, 5) is 30.9. The van der Waals surface area contributed by atoms with Crippen molar-refractivity contribution in [3.63, 3.8) is 0 Å². The highest BCUT2D eigenvalue weighted by molar-refractivity contribution is 6.07. The molecular formula is C23H25N3O4. The lowest BCUT2D eigenvalue weighted by Crippen LogP contribution is -2.43. The second-order valence-corrected chi connectivity index (χ2v) is 7.39.